The highest BCUT2D eigenvalue weighted by Gasteiger charge is 2.02. The minimum atomic E-state index is 0.642. The van der Waals surface area contributed by atoms with E-state index in [0.29, 0.717) is 6.54 Å². The summed E-state index contributed by atoms with van der Waals surface area (Å²) >= 11 is 1.74. The lowest BCUT2D eigenvalue weighted by Crippen LogP contribution is -2.40. The van der Waals surface area contributed by atoms with Crippen LogP contribution in [0.25, 0.3) is 0 Å². The van der Waals surface area contributed by atoms with Crippen LogP contribution in [0.1, 0.15) is 30.7 Å². The zero-order chi connectivity index (χ0) is 14.8. The van der Waals surface area contributed by atoms with Crippen LogP contribution in [0.4, 0.5) is 0 Å². The summed E-state index contributed by atoms with van der Waals surface area (Å²) in [6, 6.07) is 0. The number of thiazole rings is 1. The van der Waals surface area contributed by atoms with E-state index in [9.17, 15) is 0 Å². The third kappa shape index (κ3) is 6.34. The molecule has 0 bridgehead atoms. The third-order valence-electron chi connectivity index (χ3n) is 2.99. The van der Waals surface area contributed by atoms with Gasteiger partial charge in [0.15, 0.2) is 5.96 Å². The van der Waals surface area contributed by atoms with Crippen LogP contribution in [0, 0.1) is 0 Å². The van der Waals surface area contributed by atoms with E-state index in [2.05, 4.69) is 53.3 Å². The molecule has 1 aromatic rings. The molecule has 0 unspecified atom stereocenters. The predicted octanol–water partition coefficient (Wildman–Crippen LogP) is 1.71. The Hall–Kier alpha value is -1.14. The predicted molar refractivity (Wildman–Crippen MR) is 87.5 cm³/mol. The fraction of sp³-hybridized carbons (Fsp3) is 0.714. The number of hydrogen-bond donors (Lipinski definition) is 2. The Labute approximate surface area is 126 Å². The van der Waals surface area contributed by atoms with Crippen LogP contribution in [-0.4, -0.2) is 49.1 Å². The average molecular weight is 297 g/mol. The van der Waals surface area contributed by atoms with Gasteiger partial charge in [0.1, 0.15) is 5.01 Å². The maximum Gasteiger partial charge on any atom is 0.191 e. The number of nitrogens with zero attached hydrogens (tertiary/aromatic N) is 3. The Bertz CT molecular complexity index is 402. The number of likely N-dealkylation sites (N-methyl/N-ethyl adjacent to an activating group) is 1. The van der Waals surface area contributed by atoms with Gasteiger partial charge in [-0.1, -0.05) is 13.8 Å². The zero-order valence-corrected chi connectivity index (χ0v) is 13.9. The molecule has 5 nitrogen and oxygen atoms in total. The van der Waals surface area contributed by atoms with Gasteiger partial charge in [0, 0.05) is 30.7 Å². The molecule has 1 rings (SSSR count). The smallest absolute Gasteiger partial charge is 0.191 e. The number of nitrogens with one attached hydrogen (secondary N) is 2. The molecule has 0 spiro atoms. The Balaban J connectivity index is 2.45. The van der Waals surface area contributed by atoms with Gasteiger partial charge in [0.25, 0.3) is 0 Å². The van der Waals surface area contributed by atoms with Crippen LogP contribution in [0.5, 0.6) is 0 Å². The maximum absolute atomic E-state index is 4.58. The van der Waals surface area contributed by atoms with Crippen LogP contribution in [-0.2, 0) is 13.0 Å². The molecule has 0 radical (unpaired) electrons. The second-order valence-electron chi connectivity index (χ2n) is 4.59. The molecule has 0 saturated carbocycles. The summed E-state index contributed by atoms with van der Waals surface area (Å²) < 4.78 is 0. The van der Waals surface area contributed by atoms with E-state index in [4.69, 9.17) is 0 Å². The fourth-order valence-corrected chi connectivity index (χ4v) is 2.38. The molecule has 0 atom stereocenters. The molecule has 0 fully saturated rings. The van der Waals surface area contributed by atoms with E-state index in [1.54, 1.807) is 11.3 Å². The molecule has 2 N–H and O–H groups in total. The minimum absolute atomic E-state index is 0.642. The highest BCUT2D eigenvalue weighted by molar-refractivity contribution is 7.11. The van der Waals surface area contributed by atoms with E-state index in [1.807, 2.05) is 6.20 Å². The van der Waals surface area contributed by atoms with Crippen molar-refractivity contribution in [1.29, 1.82) is 0 Å². The van der Waals surface area contributed by atoms with E-state index in [1.165, 1.54) is 4.88 Å². The first-order valence-electron chi connectivity index (χ1n) is 7.33. The maximum atomic E-state index is 4.58. The van der Waals surface area contributed by atoms with Gasteiger partial charge in [-0.2, -0.15) is 0 Å². The van der Waals surface area contributed by atoms with E-state index in [0.717, 1.165) is 43.6 Å². The van der Waals surface area contributed by atoms with Gasteiger partial charge < -0.3 is 15.5 Å². The molecule has 6 heteroatoms. The van der Waals surface area contributed by atoms with Crippen molar-refractivity contribution in [2.75, 3.05) is 33.2 Å². The van der Waals surface area contributed by atoms with Crippen molar-refractivity contribution >= 4 is 17.3 Å². The number of hydrogen-bond acceptors (Lipinski definition) is 4. The largest absolute Gasteiger partial charge is 0.357 e. The number of aromatic nitrogens is 1. The lowest BCUT2D eigenvalue weighted by molar-refractivity contribution is 0.357. The van der Waals surface area contributed by atoms with Crippen LogP contribution >= 0.6 is 11.3 Å². The van der Waals surface area contributed by atoms with Crippen molar-refractivity contribution in [3.63, 3.8) is 0 Å². The SMILES string of the molecule is CCNC(=NCc1ncc(CC)s1)NCCN(C)CC. The molecule has 0 aromatic carbocycles. The Morgan fingerprint density at radius 2 is 2.15 bits per heavy atom. The molecule has 0 aliphatic carbocycles. The summed E-state index contributed by atoms with van der Waals surface area (Å²) in [6.45, 7) is 10.9. The Kier molecular flexibility index (Phi) is 8.22. The van der Waals surface area contributed by atoms with E-state index < -0.39 is 0 Å². The molecule has 0 aliphatic rings. The third-order valence-corrected chi connectivity index (χ3v) is 4.12. The van der Waals surface area contributed by atoms with Gasteiger partial charge in [0.2, 0.25) is 0 Å². The van der Waals surface area contributed by atoms with Crippen molar-refractivity contribution in [3.05, 3.63) is 16.1 Å². The van der Waals surface area contributed by atoms with Gasteiger partial charge in [-0.15, -0.1) is 11.3 Å². The molecule has 0 saturated heterocycles. The van der Waals surface area contributed by atoms with Gasteiger partial charge in [0.05, 0.1) is 6.54 Å². The Morgan fingerprint density at radius 1 is 1.35 bits per heavy atom. The lowest BCUT2D eigenvalue weighted by Gasteiger charge is -2.16. The summed E-state index contributed by atoms with van der Waals surface area (Å²) in [6.07, 6.45) is 3.00. The number of rotatable bonds is 8. The zero-order valence-electron chi connectivity index (χ0n) is 13.1. The normalized spacial score (nSPS) is 11.9. The van der Waals surface area contributed by atoms with Gasteiger partial charge in [-0.05, 0) is 26.9 Å². The molecule has 0 amide bonds. The van der Waals surface area contributed by atoms with Crippen LogP contribution in [0.3, 0.4) is 0 Å². The second-order valence-corrected chi connectivity index (χ2v) is 5.79. The quantitative estimate of drug-likeness (QED) is 0.566. The topological polar surface area (TPSA) is 52.6 Å². The van der Waals surface area contributed by atoms with Crippen molar-refractivity contribution in [2.24, 2.45) is 4.99 Å². The van der Waals surface area contributed by atoms with Gasteiger partial charge >= 0.3 is 0 Å². The first kappa shape index (κ1) is 16.9. The lowest BCUT2D eigenvalue weighted by atomic mass is 10.4. The van der Waals surface area contributed by atoms with Crippen molar-refractivity contribution in [1.82, 2.24) is 20.5 Å². The number of aryl methyl sites for hydroxylation is 1. The first-order chi connectivity index (χ1) is 9.69. The first-order valence-corrected chi connectivity index (χ1v) is 8.15. The molecular weight excluding hydrogens is 270 g/mol. The molecule has 1 aromatic heterocycles. The van der Waals surface area contributed by atoms with Crippen molar-refractivity contribution in [2.45, 2.75) is 33.7 Å². The second kappa shape index (κ2) is 9.72. The molecular formula is C14H27N5S. The summed E-state index contributed by atoms with van der Waals surface area (Å²) in [7, 11) is 2.12. The van der Waals surface area contributed by atoms with Gasteiger partial charge in [-0.25, -0.2) is 9.98 Å². The van der Waals surface area contributed by atoms with Crippen LogP contribution < -0.4 is 10.6 Å². The Morgan fingerprint density at radius 3 is 2.75 bits per heavy atom. The molecule has 114 valence electrons. The minimum Gasteiger partial charge on any atom is -0.357 e. The van der Waals surface area contributed by atoms with E-state index in [-0.39, 0.29) is 0 Å². The van der Waals surface area contributed by atoms with Crippen LogP contribution in [0.2, 0.25) is 0 Å². The molecule has 20 heavy (non-hydrogen) atoms. The van der Waals surface area contributed by atoms with Crippen LogP contribution in [0.15, 0.2) is 11.2 Å². The standard InChI is InChI=1S/C14H27N5S/c1-5-12-10-17-13(20-12)11-18-14(15-6-2)16-8-9-19(4)7-3/h10H,5-9,11H2,1-4H3,(H2,15,16,18). The highest BCUT2D eigenvalue weighted by atomic mass is 32.1. The summed E-state index contributed by atoms with van der Waals surface area (Å²) in [5.74, 6) is 0.866. The highest BCUT2D eigenvalue weighted by Crippen LogP contribution is 2.13. The number of aliphatic imine (C=N–C) groups is 1. The van der Waals surface area contributed by atoms with Crippen molar-refractivity contribution in [3.8, 4) is 0 Å². The summed E-state index contributed by atoms with van der Waals surface area (Å²) in [5.41, 5.74) is 0. The number of guanidine groups is 1. The van der Waals surface area contributed by atoms with Gasteiger partial charge in [-0.3, -0.25) is 0 Å². The molecule has 0 aliphatic heterocycles. The molecule has 1 heterocycles. The summed E-state index contributed by atoms with van der Waals surface area (Å²) in [5, 5.41) is 7.69. The fourth-order valence-electron chi connectivity index (χ4n) is 1.60. The monoisotopic (exact) mass is 297 g/mol. The summed E-state index contributed by atoms with van der Waals surface area (Å²) in [4.78, 5) is 12.6. The van der Waals surface area contributed by atoms with Crippen molar-refractivity contribution < 1.29 is 0 Å². The van der Waals surface area contributed by atoms with E-state index >= 15 is 0 Å². The average Bonchev–Trinajstić information content (AvgIpc) is 2.92.